The van der Waals surface area contributed by atoms with Gasteiger partial charge in [-0.1, -0.05) is 20.8 Å². The van der Waals surface area contributed by atoms with Crippen molar-refractivity contribution in [2.45, 2.75) is 33.8 Å². The van der Waals surface area contributed by atoms with Crippen LogP contribution in [0.15, 0.2) is 5.38 Å². The van der Waals surface area contributed by atoms with E-state index < -0.39 is 0 Å². The molecular weight excluding hydrogens is 258 g/mol. The Morgan fingerprint density at radius 1 is 1.59 bits per heavy atom. The maximum atomic E-state index is 11.4. The van der Waals surface area contributed by atoms with Gasteiger partial charge in [-0.15, -0.1) is 22.9 Å². The van der Waals surface area contributed by atoms with E-state index in [-0.39, 0.29) is 23.2 Å². The molecule has 5 heteroatoms. The Balaban J connectivity index is 2.96. The zero-order chi connectivity index (χ0) is 13.1. The Bertz CT molecular complexity index is 384. The third-order valence-corrected chi connectivity index (χ3v) is 3.40. The molecule has 1 aromatic rings. The molecule has 0 saturated carbocycles. The molecule has 1 aromatic heterocycles. The lowest BCUT2D eigenvalue weighted by Crippen LogP contribution is -2.21. The van der Waals surface area contributed by atoms with Crippen molar-refractivity contribution in [3.8, 4) is 0 Å². The number of hydrogen-bond acceptors (Lipinski definition) is 4. The molecule has 1 heterocycles. The molecule has 0 saturated heterocycles. The summed E-state index contributed by atoms with van der Waals surface area (Å²) in [7, 11) is 0. The molecule has 3 nitrogen and oxygen atoms in total. The summed E-state index contributed by atoms with van der Waals surface area (Å²) in [6.07, 6.45) is -0.0885. The number of nitrogens with zero attached hydrogens (tertiary/aromatic N) is 1. The van der Waals surface area contributed by atoms with E-state index in [1.807, 2.05) is 6.92 Å². The van der Waals surface area contributed by atoms with Gasteiger partial charge in [-0.05, 0) is 12.3 Å². The van der Waals surface area contributed by atoms with E-state index in [9.17, 15) is 4.79 Å². The first-order valence-electron chi connectivity index (χ1n) is 5.56. The lowest BCUT2D eigenvalue weighted by molar-refractivity contribution is -0.0134. The molecule has 0 aliphatic heterocycles. The molecule has 0 aliphatic carbocycles. The number of hydrogen-bond donors (Lipinski definition) is 0. The summed E-state index contributed by atoms with van der Waals surface area (Å²) in [6, 6.07) is 0. The number of alkyl halides is 1. The second-order valence-corrected chi connectivity index (χ2v) is 5.99. The van der Waals surface area contributed by atoms with E-state index in [1.54, 1.807) is 5.38 Å². The summed E-state index contributed by atoms with van der Waals surface area (Å²) >= 11 is 6.96. The molecule has 96 valence electrons. The first-order chi connectivity index (χ1) is 7.90. The molecule has 17 heavy (non-hydrogen) atoms. The van der Waals surface area contributed by atoms with Crippen LogP contribution in [-0.4, -0.2) is 23.3 Å². The van der Waals surface area contributed by atoms with Crippen LogP contribution >= 0.6 is 22.9 Å². The van der Waals surface area contributed by atoms with Gasteiger partial charge in [-0.2, -0.15) is 0 Å². The molecule has 0 amide bonds. The van der Waals surface area contributed by atoms with Gasteiger partial charge < -0.3 is 4.74 Å². The van der Waals surface area contributed by atoms with Crippen LogP contribution < -0.4 is 0 Å². The third-order valence-electron chi connectivity index (χ3n) is 2.27. The van der Waals surface area contributed by atoms with E-state index in [0.717, 1.165) is 5.01 Å². The summed E-state index contributed by atoms with van der Waals surface area (Å²) in [5.41, 5.74) is 0.392. The normalized spacial score (nSPS) is 13.7. The van der Waals surface area contributed by atoms with Gasteiger partial charge >= 0.3 is 0 Å². The molecule has 1 unspecified atom stereocenters. The SMILES string of the molecule is CCOC(c1nc(C(=O)CCl)cs1)C(C)(C)C. The van der Waals surface area contributed by atoms with Crippen LogP contribution in [0.4, 0.5) is 0 Å². The first-order valence-corrected chi connectivity index (χ1v) is 6.97. The highest BCUT2D eigenvalue weighted by molar-refractivity contribution is 7.09. The highest BCUT2D eigenvalue weighted by atomic mass is 35.5. The van der Waals surface area contributed by atoms with Gasteiger partial charge in [-0.25, -0.2) is 4.98 Å². The number of rotatable bonds is 5. The number of ketones is 1. The quantitative estimate of drug-likeness (QED) is 0.608. The van der Waals surface area contributed by atoms with E-state index in [4.69, 9.17) is 16.3 Å². The average Bonchev–Trinajstić information content (AvgIpc) is 2.72. The molecule has 1 atom stereocenters. The molecule has 0 bridgehead atoms. The van der Waals surface area contributed by atoms with Crippen molar-refractivity contribution in [2.75, 3.05) is 12.5 Å². The Morgan fingerprint density at radius 2 is 2.24 bits per heavy atom. The molecule has 0 aromatic carbocycles. The Hall–Kier alpha value is -0.450. The summed E-state index contributed by atoms with van der Waals surface area (Å²) in [6.45, 7) is 8.87. The van der Waals surface area contributed by atoms with Crippen molar-refractivity contribution in [3.05, 3.63) is 16.1 Å². The standard InChI is InChI=1S/C12H18ClNO2S/c1-5-16-10(12(2,3)4)11-14-8(7-17-11)9(15)6-13/h7,10H,5-6H2,1-4H3. The molecule has 0 radical (unpaired) electrons. The minimum atomic E-state index is -0.140. The monoisotopic (exact) mass is 275 g/mol. The van der Waals surface area contributed by atoms with Gasteiger partial charge in [-0.3, -0.25) is 4.79 Å². The van der Waals surface area contributed by atoms with E-state index in [2.05, 4.69) is 25.8 Å². The van der Waals surface area contributed by atoms with Gasteiger partial charge in [0.1, 0.15) is 16.8 Å². The van der Waals surface area contributed by atoms with Gasteiger partial charge in [0, 0.05) is 12.0 Å². The fraction of sp³-hybridized carbons (Fsp3) is 0.667. The minimum absolute atomic E-state index is 0.0298. The number of halogens is 1. The number of carbonyl (C=O) groups is 1. The zero-order valence-corrected chi connectivity index (χ0v) is 12.2. The Kier molecular flexibility index (Phi) is 5.10. The van der Waals surface area contributed by atoms with E-state index in [0.29, 0.717) is 12.3 Å². The predicted molar refractivity (Wildman–Crippen MR) is 71.0 cm³/mol. The zero-order valence-electron chi connectivity index (χ0n) is 10.6. The highest BCUT2D eigenvalue weighted by Gasteiger charge is 2.29. The smallest absolute Gasteiger partial charge is 0.196 e. The molecule has 0 fully saturated rings. The van der Waals surface area contributed by atoms with Crippen molar-refractivity contribution in [2.24, 2.45) is 5.41 Å². The van der Waals surface area contributed by atoms with Crippen molar-refractivity contribution < 1.29 is 9.53 Å². The van der Waals surface area contributed by atoms with Crippen LogP contribution in [0.3, 0.4) is 0 Å². The number of aromatic nitrogens is 1. The number of carbonyl (C=O) groups excluding carboxylic acids is 1. The van der Waals surface area contributed by atoms with Gasteiger partial charge in [0.15, 0.2) is 5.78 Å². The van der Waals surface area contributed by atoms with Gasteiger partial charge in [0.25, 0.3) is 0 Å². The van der Waals surface area contributed by atoms with Crippen LogP contribution in [0.5, 0.6) is 0 Å². The maximum Gasteiger partial charge on any atom is 0.196 e. The predicted octanol–water partition coefficient (Wildman–Crippen LogP) is 3.69. The summed E-state index contributed by atoms with van der Waals surface area (Å²) in [4.78, 5) is 15.8. The lowest BCUT2D eigenvalue weighted by Gasteiger charge is -2.28. The van der Waals surface area contributed by atoms with Crippen molar-refractivity contribution >= 4 is 28.7 Å². The Labute approximate surface area is 111 Å². The topological polar surface area (TPSA) is 39.2 Å². The summed E-state index contributed by atoms with van der Waals surface area (Å²) in [5.74, 6) is -0.170. The maximum absolute atomic E-state index is 11.4. The third kappa shape index (κ3) is 3.76. The lowest BCUT2D eigenvalue weighted by atomic mass is 9.89. The Morgan fingerprint density at radius 3 is 2.71 bits per heavy atom. The second-order valence-electron chi connectivity index (χ2n) is 4.83. The van der Waals surface area contributed by atoms with Crippen LogP contribution in [0.1, 0.15) is 49.3 Å². The number of ether oxygens (including phenoxy) is 1. The average molecular weight is 276 g/mol. The number of Topliss-reactive ketones (excluding diaryl/α,β-unsaturated/α-hetero) is 1. The summed E-state index contributed by atoms with van der Waals surface area (Å²) in [5, 5.41) is 2.59. The van der Waals surface area contributed by atoms with Gasteiger partial charge in [0.05, 0.1) is 5.88 Å². The van der Waals surface area contributed by atoms with Crippen LogP contribution in [0.2, 0.25) is 0 Å². The molecule has 0 aliphatic rings. The molecule has 0 spiro atoms. The van der Waals surface area contributed by atoms with Crippen molar-refractivity contribution in [1.82, 2.24) is 4.98 Å². The minimum Gasteiger partial charge on any atom is -0.371 e. The fourth-order valence-electron chi connectivity index (χ4n) is 1.46. The van der Waals surface area contributed by atoms with Crippen LogP contribution in [0.25, 0.3) is 0 Å². The molecular formula is C12H18ClNO2S. The summed E-state index contributed by atoms with van der Waals surface area (Å²) < 4.78 is 5.72. The van der Waals surface area contributed by atoms with Gasteiger partial charge in [0.2, 0.25) is 0 Å². The molecule has 1 rings (SSSR count). The van der Waals surface area contributed by atoms with Crippen molar-refractivity contribution in [3.63, 3.8) is 0 Å². The first kappa shape index (κ1) is 14.6. The fourth-order valence-corrected chi connectivity index (χ4v) is 2.71. The van der Waals surface area contributed by atoms with Crippen LogP contribution in [-0.2, 0) is 4.74 Å². The number of thiazole rings is 1. The van der Waals surface area contributed by atoms with Crippen molar-refractivity contribution in [1.29, 1.82) is 0 Å². The molecule has 0 N–H and O–H groups in total. The largest absolute Gasteiger partial charge is 0.371 e. The highest BCUT2D eigenvalue weighted by Crippen LogP contribution is 2.37. The van der Waals surface area contributed by atoms with Crippen LogP contribution in [0, 0.1) is 5.41 Å². The second kappa shape index (κ2) is 5.94. The van der Waals surface area contributed by atoms with E-state index >= 15 is 0 Å². The van der Waals surface area contributed by atoms with E-state index in [1.165, 1.54) is 11.3 Å².